The van der Waals surface area contributed by atoms with Crippen molar-refractivity contribution in [2.24, 2.45) is 0 Å². The number of rotatable bonds is 3. The van der Waals surface area contributed by atoms with Crippen molar-refractivity contribution < 1.29 is 4.79 Å². The number of amides is 1. The first-order valence-electron chi connectivity index (χ1n) is 9.93. The molecule has 5 rings (SSSR count). The van der Waals surface area contributed by atoms with Crippen LogP contribution in [0.3, 0.4) is 0 Å². The molecule has 0 atom stereocenters. The highest BCUT2D eigenvalue weighted by atomic mass is 16.2. The molecule has 0 bridgehead atoms. The van der Waals surface area contributed by atoms with E-state index in [0.717, 1.165) is 60.4 Å². The molecule has 3 aromatic heterocycles. The lowest BCUT2D eigenvalue weighted by atomic mass is 9.95. The average Bonchev–Trinajstić information content (AvgIpc) is 3.35. The molecular formula is C22H23N5O. The molecule has 1 amide bonds. The third-order valence-electron chi connectivity index (χ3n) is 5.85. The Kier molecular flexibility index (Phi) is 4.11. The third kappa shape index (κ3) is 2.68. The van der Waals surface area contributed by atoms with Gasteiger partial charge in [-0.2, -0.15) is 0 Å². The Labute approximate surface area is 163 Å². The summed E-state index contributed by atoms with van der Waals surface area (Å²) in [5.74, 6) is 1.47. The number of piperidine rings is 1. The Morgan fingerprint density at radius 2 is 1.86 bits per heavy atom. The van der Waals surface area contributed by atoms with Crippen LogP contribution in [0.25, 0.3) is 16.6 Å². The zero-order valence-electron chi connectivity index (χ0n) is 16.0. The number of fused-ring (bicyclic) bond motifs is 2. The summed E-state index contributed by atoms with van der Waals surface area (Å²) in [6, 6.07) is 14.1. The van der Waals surface area contributed by atoms with Crippen LogP contribution in [0.4, 0.5) is 0 Å². The summed E-state index contributed by atoms with van der Waals surface area (Å²) >= 11 is 0. The van der Waals surface area contributed by atoms with E-state index in [9.17, 15) is 4.79 Å². The van der Waals surface area contributed by atoms with Gasteiger partial charge in [0.05, 0.1) is 5.56 Å². The second kappa shape index (κ2) is 6.78. The molecule has 1 aliphatic rings. The van der Waals surface area contributed by atoms with E-state index in [2.05, 4.69) is 32.2 Å². The Bertz CT molecular complexity index is 1150. The minimum atomic E-state index is 0.132. The molecule has 1 fully saturated rings. The van der Waals surface area contributed by atoms with Gasteiger partial charge < -0.3 is 9.47 Å². The number of hydrogen-bond acceptors (Lipinski definition) is 3. The number of likely N-dealkylation sites (tertiary alicyclic amines) is 1. The SMILES string of the molecule is CCn1cc(C(=O)N2CCC(c3nnc4ccccn34)CC2)c2ccccc21. The number of nitrogens with zero attached hydrogens (tertiary/aromatic N) is 5. The molecule has 6 heteroatoms. The van der Waals surface area contributed by atoms with Gasteiger partial charge in [0, 0.05) is 48.8 Å². The van der Waals surface area contributed by atoms with Crippen LogP contribution in [0.5, 0.6) is 0 Å². The van der Waals surface area contributed by atoms with Gasteiger partial charge in [-0.15, -0.1) is 10.2 Å². The van der Waals surface area contributed by atoms with E-state index in [4.69, 9.17) is 0 Å². The van der Waals surface area contributed by atoms with Crippen molar-refractivity contribution in [2.45, 2.75) is 32.2 Å². The summed E-state index contributed by atoms with van der Waals surface area (Å²) in [4.78, 5) is 15.2. The van der Waals surface area contributed by atoms with Crippen LogP contribution in [0.15, 0.2) is 54.9 Å². The molecule has 6 nitrogen and oxygen atoms in total. The van der Waals surface area contributed by atoms with E-state index in [1.165, 1.54) is 0 Å². The summed E-state index contributed by atoms with van der Waals surface area (Å²) in [7, 11) is 0. The number of pyridine rings is 1. The first-order valence-corrected chi connectivity index (χ1v) is 9.93. The van der Waals surface area contributed by atoms with Gasteiger partial charge in [0.15, 0.2) is 5.65 Å². The lowest BCUT2D eigenvalue weighted by Crippen LogP contribution is -2.38. The minimum absolute atomic E-state index is 0.132. The Hall–Kier alpha value is -3.15. The molecule has 4 aromatic rings. The van der Waals surface area contributed by atoms with Crippen LogP contribution in [-0.2, 0) is 6.54 Å². The Balaban J connectivity index is 1.36. The summed E-state index contributed by atoms with van der Waals surface area (Å²) in [6.45, 7) is 4.46. The topological polar surface area (TPSA) is 55.4 Å². The fourth-order valence-corrected chi connectivity index (χ4v) is 4.33. The fraction of sp³-hybridized carbons (Fsp3) is 0.318. The number of carbonyl (C=O) groups is 1. The number of hydrogen-bond donors (Lipinski definition) is 0. The van der Waals surface area contributed by atoms with Gasteiger partial charge in [0.25, 0.3) is 5.91 Å². The van der Waals surface area contributed by atoms with Crippen molar-refractivity contribution in [1.82, 2.24) is 24.1 Å². The van der Waals surface area contributed by atoms with Crippen LogP contribution < -0.4 is 0 Å². The lowest BCUT2D eigenvalue weighted by Gasteiger charge is -2.31. The van der Waals surface area contributed by atoms with Gasteiger partial charge in [-0.1, -0.05) is 24.3 Å². The van der Waals surface area contributed by atoms with Crippen LogP contribution in [-0.4, -0.2) is 43.1 Å². The first-order chi connectivity index (χ1) is 13.8. The van der Waals surface area contributed by atoms with Crippen molar-refractivity contribution in [3.63, 3.8) is 0 Å². The number of aromatic nitrogens is 4. The molecule has 28 heavy (non-hydrogen) atoms. The van der Waals surface area contributed by atoms with Crippen LogP contribution in [0.2, 0.25) is 0 Å². The maximum Gasteiger partial charge on any atom is 0.256 e. The monoisotopic (exact) mass is 373 g/mol. The highest BCUT2D eigenvalue weighted by Gasteiger charge is 2.28. The van der Waals surface area contributed by atoms with Crippen LogP contribution >= 0.6 is 0 Å². The van der Waals surface area contributed by atoms with E-state index >= 15 is 0 Å². The standard InChI is InChI=1S/C22H23N5O/c1-2-25-15-18(17-7-3-4-8-19(17)25)22(28)26-13-10-16(11-14-26)21-24-23-20-9-5-6-12-27(20)21/h3-9,12,15-16H,2,10-11,13-14H2,1H3. The average molecular weight is 373 g/mol. The van der Waals surface area contributed by atoms with Gasteiger partial charge in [0.1, 0.15) is 5.82 Å². The zero-order valence-corrected chi connectivity index (χ0v) is 16.0. The van der Waals surface area contributed by atoms with Crippen molar-refractivity contribution in [3.8, 4) is 0 Å². The molecule has 0 aliphatic carbocycles. The summed E-state index contributed by atoms with van der Waals surface area (Å²) < 4.78 is 4.22. The smallest absolute Gasteiger partial charge is 0.256 e. The molecule has 0 spiro atoms. The normalized spacial score (nSPS) is 15.5. The Morgan fingerprint density at radius 3 is 2.68 bits per heavy atom. The molecule has 0 unspecified atom stereocenters. The van der Waals surface area contributed by atoms with Gasteiger partial charge >= 0.3 is 0 Å². The second-order valence-electron chi connectivity index (χ2n) is 7.40. The minimum Gasteiger partial charge on any atom is -0.347 e. The largest absolute Gasteiger partial charge is 0.347 e. The lowest BCUT2D eigenvalue weighted by molar-refractivity contribution is 0.0712. The van der Waals surface area contributed by atoms with Gasteiger partial charge in [-0.25, -0.2) is 0 Å². The third-order valence-corrected chi connectivity index (χ3v) is 5.85. The molecule has 1 saturated heterocycles. The maximum atomic E-state index is 13.2. The van der Waals surface area contributed by atoms with Crippen LogP contribution in [0.1, 0.15) is 41.9 Å². The van der Waals surface area contributed by atoms with E-state index < -0.39 is 0 Å². The summed E-state index contributed by atoms with van der Waals surface area (Å²) in [5, 5.41) is 9.72. The summed E-state index contributed by atoms with van der Waals surface area (Å²) in [5.41, 5.74) is 2.81. The molecule has 142 valence electrons. The zero-order chi connectivity index (χ0) is 19.1. The molecule has 1 aliphatic heterocycles. The van der Waals surface area contributed by atoms with E-state index in [0.29, 0.717) is 5.92 Å². The number of aryl methyl sites for hydroxylation is 1. The van der Waals surface area contributed by atoms with Crippen molar-refractivity contribution in [3.05, 3.63) is 66.2 Å². The first kappa shape index (κ1) is 17.0. The highest BCUT2D eigenvalue weighted by Crippen LogP contribution is 2.29. The van der Waals surface area contributed by atoms with Crippen molar-refractivity contribution in [2.75, 3.05) is 13.1 Å². The maximum absolute atomic E-state index is 13.2. The van der Waals surface area contributed by atoms with E-state index in [-0.39, 0.29) is 5.91 Å². The van der Waals surface area contributed by atoms with E-state index in [1.54, 1.807) is 0 Å². The van der Waals surface area contributed by atoms with Gasteiger partial charge in [-0.3, -0.25) is 9.20 Å². The van der Waals surface area contributed by atoms with Gasteiger partial charge in [0.2, 0.25) is 0 Å². The highest BCUT2D eigenvalue weighted by molar-refractivity contribution is 6.07. The molecule has 1 aromatic carbocycles. The molecular weight excluding hydrogens is 350 g/mol. The summed E-state index contributed by atoms with van der Waals surface area (Å²) in [6.07, 6.45) is 5.84. The molecule has 0 saturated carbocycles. The van der Waals surface area contributed by atoms with Crippen molar-refractivity contribution >= 4 is 22.5 Å². The Morgan fingerprint density at radius 1 is 1.07 bits per heavy atom. The number of carbonyl (C=O) groups excluding carboxylic acids is 1. The molecule has 0 N–H and O–H groups in total. The predicted molar refractivity (Wildman–Crippen MR) is 108 cm³/mol. The van der Waals surface area contributed by atoms with Crippen molar-refractivity contribution in [1.29, 1.82) is 0 Å². The molecule has 0 radical (unpaired) electrons. The second-order valence-corrected chi connectivity index (χ2v) is 7.40. The number of benzene rings is 1. The van der Waals surface area contributed by atoms with E-state index in [1.807, 2.05) is 53.7 Å². The predicted octanol–water partition coefficient (Wildman–Crippen LogP) is 3.72. The quantitative estimate of drug-likeness (QED) is 0.550. The van der Waals surface area contributed by atoms with Crippen LogP contribution in [0, 0.1) is 0 Å². The fourth-order valence-electron chi connectivity index (χ4n) is 4.33. The number of para-hydroxylation sites is 1. The van der Waals surface area contributed by atoms with Gasteiger partial charge in [-0.05, 0) is 38.0 Å². The molecule has 4 heterocycles.